The molecule has 0 unspecified atom stereocenters. The standard InChI is InChI=1S/C28H27F2N5O3/c1-35(2)12-11-31-28(38)25-26(36)23-22(14-19(16-32-23)13-17-3-7-20(29)8-4-17)24(34-25)27(37)33-15-18-5-9-21(30)10-6-18/h3-10,14,16,36H,11-13,15H2,1-2H3,(H,31,38)(H,33,37). The van der Waals surface area contributed by atoms with Gasteiger partial charge in [-0.05, 0) is 67.5 Å². The molecule has 2 aromatic carbocycles. The summed E-state index contributed by atoms with van der Waals surface area (Å²) >= 11 is 0. The number of amides is 2. The van der Waals surface area contributed by atoms with Gasteiger partial charge in [-0.25, -0.2) is 13.8 Å². The summed E-state index contributed by atoms with van der Waals surface area (Å²) in [6.45, 7) is 0.966. The van der Waals surface area contributed by atoms with Crippen LogP contribution in [0.1, 0.15) is 37.7 Å². The fourth-order valence-electron chi connectivity index (χ4n) is 3.83. The molecule has 0 spiro atoms. The largest absolute Gasteiger partial charge is 0.504 e. The predicted octanol–water partition coefficient (Wildman–Crippen LogP) is 3.43. The minimum atomic E-state index is -0.643. The van der Waals surface area contributed by atoms with E-state index in [2.05, 4.69) is 20.6 Å². The first-order valence-corrected chi connectivity index (χ1v) is 11.9. The summed E-state index contributed by atoms with van der Waals surface area (Å²) in [7, 11) is 3.71. The summed E-state index contributed by atoms with van der Waals surface area (Å²) in [5, 5.41) is 16.5. The van der Waals surface area contributed by atoms with Crippen LogP contribution in [0.2, 0.25) is 0 Å². The van der Waals surface area contributed by atoms with E-state index in [0.29, 0.717) is 30.6 Å². The van der Waals surface area contributed by atoms with Gasteiger partial charge in [0, 0.05) is 31.2 Å². The summed E-state index contributed by atoms with van der Waals surface area (Å²) in [6.07, 6.45) is 1.92. The van der Waals surface area contributed by atoms with Crippen LogP contribution in [0, 0.1) is 11.6 Å². The van der Waals surface area contributed by atoms with Gasteiger partial charge in [-0.15, -0.1) is 0 Å². The molecule has 0 fully saturated rings. The molecule has 10 heteroatoms. The van der Waals surface area contributed by atoms with Crippen LogP contribution in [0.25, 0.3) is 10.9 Å². The first kappa shape index (κ1) is 26.6. The van der Waals surface area contributed by atoms with Crippen LogP contribution in [0.4, 0.5) is 8.78 Å². The van der Waals surface area contributed by atoms with Gasteiger partial charge in [-0.3, -0.25) is 14.6 Å². The third kappa shape index (κ3) is 6.46. The van der Waals surface area contributed by atoms with Gasteiger partial charge >= 0.3 is 0 Å². The van der Waals surface area contributed by atoms with E-state index >= 15 is 0 Å². The minimum Gasteiger partial charge on any atom is -0.504 e. The smallest absolute Gasteiger partial charge is 0.273 e. The van der Waals surface area contributed by atoms with Crippen molar-refractivity contribution < 1.29 is 23.5 Å². The second-order valence-electron chi connectivity index (χ2n) is 9.07. The van der Waals surface area contributed by atoms with Crippen molar-refractivity contribution in [1.82, 2.24) is 25.5 Å². The number of pyridine rings is 2. The Morgan fingerprint density at radius 3 is 2.11 bits per heavy atom. The highest BCUT2D eigenvalue weighted by atomic mass is 19.1. The Kier molecular flexibility index (Phi) is 8.22. The quantitative estimate of drug-likeness (QED) is 0.313. The van der Waals surface area contributed by atoms with Crippen LogP contribution in [0.15, 0.2) is 60.8 Å². The molecule has 0 saturated heterocycles. The number of hydrogen-bond donors (Lipinski definition) is 3. The molecule has 2 aromatic heterocycles. The number of carbonyl (C=O) groups is 2. The van der Waals surface area contributed by atoms with Crippen molar-refractivity contribution in [3.05, 3.63) is 101 Å². The molecular formula is C28H27F2N5O3. The van der Waals surface area contributed by atoms with Crippen LogP contribution in [0.3, 0.4) is 0 Å². The van der Waals surface area contributed by atoms with Crippen molar-refractivity contribution in [1.29, 1.82) is 0 Å². The van der Waals surface area contributed by atoms with E-state index in [0.717, 1.165) is 5.56 Å². The molecule has 8 nitrogen and oxygen atoms in total. The second-order valence-corrected chi connectivity index (χ2v) is 9.07. The number of benzene rings is 2. The molecule has 4 aromatic rings. The van der Waals surface area contributed by atoms with E-state index in [1.807, 2.05) is 19.0 Å². The SMILES string of the molecule is CN(C)CCNC(=O)c1nc(C(=O)NCc2ccc(F)cc2)c2cc(Cc3ccc(F)cc3)cnc2c1O. The Morgan fingerprint density at radius 1 is 0.868 bits per heavy atom. The van der Waals surface area contributed by atoms with Gasteiger partial charge < -0.3 is 20.6 Å². The van der Waals surface area contributed by atoms with Gasteiger partial charge in [0.25, 0.3) is 11.8 Å². The maximum Gasteiger partial charge on any atom is 0.273 e. The van der Waals surface area contributed by atoms with Crippen LogP contribution < -0.4 is 10.6 Å². The van der Waals surface area contributed by atoms with Crippen LogP contribution >= 0.6 is 0 Å². The topological polar surface area (TPSA) is 107 Å². The number of nitrogens with one attached hydrogen (secondary N) is 2. The number of nitrogens with zero attached hydrogens (tertiary/aromatic N) is 3. The number of aromatic nitrogens is 2. The molecule has 0 bridgehead atoms. The normalized spacial score (nSPS) is 11.1. The van der Waals surface area contributed by atoms with Gasteiger partial charge in [0.2, 0.25) is 0 Å². The fourth-order valence-corrected chi connectivity index (χ4v) is 3.83. The molecule has 0 atom stereocenters. The Morgan fingerprint density at radius 2 is 1.47 bits per heavy atom. The maximum atomic E-state index is 13.3. The summed E-state index contributed by atoms with van der Waals surface area (Å²) in [4.78, 5) is 36.6. The van der Waals surface area contributed by atoms with Crippen molar-refractivity contribution in [2.24, 2.45) is 0 Å². The van der Waals surface area contributed by atoms with Gasteiger partial charge in [-0.1, -0.05) is 24.3 Å². The Labute approximate surface area is 218 Å². The van der Waals surface area contributed by atoms with Crippen LogP contribution in [0.5, 0.6) is 5.75 Å². The molecule has 196 valence electrons. The lowest BCUT2D eigenvalue weighted by Crippen LogP contribution is -2.32. The van der Waals surface area contributed by atoms with E-state index in [1.54, 1.807) is 30.3 Å². The Balaban J connectivity index is 1.70. The van der Waals surface area contributed by atoms with Gasteiger partial charge in [-0.2, -0.15) is 0 Å². The summed E-state index contributed by atoms with van der Waals surface area (Å²) in [6, 6.07) is 13.3. The maximum absolute atomic E-state index is 13.3. The highest BCUT2D eigenvalue weighted by Gasteiger charge is 2.23. The van der Waals surface area contributed by atoms with Crippen molar-refractivity contribution in [2.45, 2.75) is 13.0 Å². The van der Waals surface area contributed by atoms with Crippen molar-refractivity contribution in [3.63, 3.8) is 0 Å². The van der Waals surface area contributed by atoms with Crippen LogP contribution in [-0.2, 0) is 13.0 Å². The molecule has 0 aliphatic heterocycles. The summed E-state index contributed by atoms with van der Waals surface area (Å²) in [5.41, 5.74) is 1.82. The average Bonchev–Trinajstić information content (AvgIpc) is 2.89. The van der Waals surface area contributed by atoms with Crippen molar-refractivity contribution in [3.8, 4) is 5.75 Å². The summed E-state index contributed by atoms with van der Waals surface area (Å²) in [5.74, 6) is -2.42. The van der Waals surface area contributed by atoms with E-state index in [9.17, 15) is 23.5 Å². The highest BCUT2D eigenvalue weighted by molar-refractivity contribution is 6.09. The molecule has 4 rings (SSSR count). The van der Waals surface area contributed by atoms with Crippen molar-refractivity contribution >= 4 is 22.7 Å². The third-order valence-electron chi connectivity index (χ3n) is 5.83. The van der Waals surface area contributed by atoms with Gasteiger partial charge in [0.05, 0.1) is 0 Å². The zero-order valence-corrected chi connectivity index (χ0v) is 21.0. The monoisotopic (exact) mass is 519 g/mol. The minimum absolute atomic E-state index is 0.0487. The number of carbonyl (C=O) groups excluding carboxylic acids is 2. The predicted molar refractivity (Wildman–Crippen MR) is 139 cm³/mol. The van der Waals surface area contributed by atoms with Crippen LogP contribution in [-0.4, -0.2) is 59.0 Å². The van der Waals surface area contributed by atoms with E-state index < -0.39 is 23.4 Å². The van der Waals surface area contributed by atoms with E-state index in [4.69, 9.17) is 0 Å². The lowest BCUT2D eigenvalue weighted by Gasteiger charge is -2.14. The Bertz CT molecular complexity index is 1460. The zero-order valence-electron chi connectivity index (χ0n) is 21.0. The molecular weight excluding hydrogens is 492 g/mol. The fraction of sp³-hybridized carbons (Fsp3) is 0.214. The lowest BCUT2D eigenvalue weighted by molar-refractivity contribution is 0.0941. The first-order chi connectivity index (χ1) is 18.2. The molecule has 3 N–H and O–H groups in total. The number of likely N-dealkylation sites (N-methyl/N-ethyl adjacent to an activating group) is 1. The second kappa shape index (κ2) is 11.7. The molecule has 2 heterocycles. The Hall–Kier alpha value is -4.44. The van der Waals surface area contributed by atoms with Crippen molar-refractivity contribution in [2.75, 3.05) is 27.2 Å². The number of rotatable bonds is 9. The molecule has 0 saturated carbocycles. The zero-order chi connectivity index (χ0) is 27.2. The number of halogens is 2. The third-order valence-corrected chi connectivity index (χ3v) is 5.83. The lowest BCUT2D eigenvalue weighted by atomic mass is 10.0. The number of aromatic hydroxyl groups is 1. The molecule has 2 amide bonds. The van der Waals surface area contributed by atoms with E-state index in [1.165, 1.54) is 30.5 Å². The molecule has 38 heavy (non-hydrogen) atoms. The van der Waals surface area contributed by atoms with E-state index in [-0.39, 0.29) is 34.7 Å². The van der Waals surface area contributed by atoms with Gasteiger partial charge in [0.1, 0.15) is 22.8 Å². The highest BCUT2D eigenvalue weighted by Crippen LogP contribution is 2.29. The summed E-state index contributed by atoms with van der Waals surface area (Å²) < 4.78 is 26.6. The van der Waals surface area contributed by atoms with Gasteiger partial charge in [0.15, 0.2) is 11.4 Å². The number of hydrogen-bond acceptors (Lipinski definition) is 6. The molecule has 0 radical (unpaired) electrons. The molecule has 0 aliphatic rings. The number of fused-ring (bicyclic) bond motifs is 1. The first-order valence-electron chi connectivity index (χ1n) is 11.9. The molecule has 0 aliphatic carbocycles. The average molecular weight is 520 g/mol.